The van der Waals surface area contributed by atoms with E-state index in [1.165, 1.54) is 15.3 Å². The molecule has 2 aromatic rings. The Morgan fingerprint density at radius 1 is 1.21 bits per heavy atom. The molecule has 1 aromatic carbocycles. The van der Waals surface area contributed by atoms with Gasteiger partial charge in [-0.25, -0.2) is 9.78 Å². The van der Waals surface area contributed by atoms with Crippen LogP contribution in [0.3, 0.4) is 0 Å². The Labute approximate surface area is 148 Å². The van der Waals surface area contributed by atoms with Crippen LogP contribution in [0.5, 0.6) is 0 Å². The molecule has 0 unspecified atom stereocenters. The largest absolute Gasteiger partial charge is 0.336 e. The lowest BCUT2D eigenvalue weighted by Gasteiger charge is -2.22. The molecule has 0 saturated heterocycles. The summed E-state index contributed by atoms with van der Waals surface area (Å²) in [6.07, 6.45) is 0.939. The Kier molecular flexibility index (Phi) is 6.75. The van der Waals surface area contributed by atoms with E-state index in [0.29, 0.717) is 19.1 Å². The average molecular weight is 348 g/mol. The number of quaternary nitrogens is 1. The van der Waals surface area contributed by atoms with Gasteiger partial charge in [0.1, 0.15) is 11.0 Å². The summed E-state index contributed by atoms with van der Waals surface area (Å²) in [5.74, 6) is 0. The SMILES string of the molecule is Cc1nc(CNC(=O)NC[C@@H](Cc2ccccc2)[NH+](C)C)sc1C. The number of carbonyl (C=O) groups excluding carboxylic acids is 1. The normalized spacial score (nSPS) is 12.2. The van der Waals surface area contributed by atoms with E-state index in [2.05, 4.69) is 54.0 Å². The van der Waals surface area contributed by atoms with Gasteiger partial charge in [0.05, 0.1) is 32.9 Å². The van der Waals surface area contributed by atoms with E-state index in [1.807, 2.05) is 19.9 Å². The maximum atomic E-state index is 12.0. The van der Waals surface area contributed by atoms with Crippen LogP contribution in [0.2, 0.25) is 0 Å². The highest BCUT2D eigenvalue weighted by atomic mass is 32.1. The average Bonchev–Trinajstić information content (AvgIpc) is 2.88. The van der Waals surface area contributed by atoms with Gasteiger partial charge in [-0.2, -0.15) is 0 Å². The summed E-state index contributed by atoms with van der Waals surface area (Å²) in [4.78, 5) is 19.0. The predicted octanol–water partition coefficient (Wildman–Crippen LogP) is 1.31. The Bertz CT molecular complexity index is 635. The maximum Gasteiger partial charge on any atom is 0.315 e. The molecule has 0 radical (unpaired) electrons. The smallest absolute Gasteiger partial charge is 0.315 e. The van der Waals surface area contributed by atoms with Crippen LogP contribution in [0.4, 0.5) is 4.79 Å². The van der Waals surface area contributed by atoms with Gasteiger partial charge in [0.15, 0.2) is 0 Å². The molecule has 0 spiro atoms. The van der Waals surface area contributed by atoms with E-state index in [0.717, 1.165) is 17.1 Å². The third-order valence-corrected chi connectivity index (χ3v) is 5.20. The third kappa shape index (κ3) is 5.62. The lowest BCUT2D eigenvalue weighted by Crippen LogP contribution is -3.11. The lowest BCUT2D eigenvalue weighted by molar-refractivity contribution is -0.884. The van der Waals surface area contributed by atoms with Crippen LogP contribution >= 0.6 is 11.3 Å². The van der Waals surface area contributed by atoms with E-state index in [9.17, 15) is 4.79 Å². The Morgan fingerprint density at radius 3 is 2.50 bits per heavy atom. The van der Waals surface area contributed by atoms with Crippen LogP contribution in [0.1, 0.15) is 21.1 Å². The number of benzene rings is 1. The fraction of sp³-hybridized carbons (Fsp3) is 0.444. The fourth-order valence-electron chi connectivity index (χ4n) is 2.43. The zero-order chi connectivity index (χ0) is 17.5. The van der Waals surface area contributed by atoms with Gasteiger partial charge in [0.25, 0.3) is 0 Å². The molecule has 2 rings (SSSR count). The molecule has 0 aliphatic rings. The van der Waals surface area contributed by atoms with Crippen molar-refractivity contribution in [3.8, 4) is 0 Å². The number of urea groups is 1. The van der Waals surface area contributed by atoms with Crippen molar-refractivity contribution < 1.29 is 9.69 Å². The first-order valence-electron chi connectivity index (χ1n) is 8.24. The van der Waals surface area contributed by atoms with Crippen molar-refractivity contribution in [1.82, 2.24) is 15.6 Å². The summed E-state index contributed by atoms with van der Waals surface area (Å²) < 4.78 is 0. The van der Waals surface area contributed by atoms with Crippen LogP contribution in [-0.4, -0.2) is 37.7 Å². The standard InChI is InChI=1S/C18H26N4OS/c1-13-14(2)24-17(21-13)12-20-18(23)19-11-16(22(3)4)10-15-8-6-5-7-9-15/h5-9,16H,10-12H2,1-4H3,(H2,19,20,23)/p+1/t16-/m1/s1. The molecule has 0 bridgehead atoms. The highest BCUT2D eigenvalue weighted by Crippen LogP contribution is 2.15. The van der Waals surface area contributed by atoms with E-state index in [4.69, 9.17) is 0 Å². The number of aryl methyl sites for hydroxylation is 2. The second-order valence-electron chi connectivity index (χ2n) is 6.28. The van der Waals surface area contributed by atoms with Crippen molar-refractivity contribution in [1.29, 1.82) is 0 Å². The minimum Gasteiger partial charge on any atom is -0.336 e. The summed E-state index contributed by atoms with van der Waals surface area (Å²) in [5.41, 5.74) is 2.33. The van der Waals surface area contributed by atoms with Gasteiger partial charge >= 0.3 is 6.03 Å². The van der Waals surface area contributed by atoms with Crippen LogP contribution in [0.25, 0.3) is 0 Å². The lowest BCUT2D eigenvalue weighted by atomic mass is 10.1. The number of thiazole rings is 1. The molecule has 0 aliphatic carbocycles. The van der Waals surface area contributed by atoms with Crippen molar-refractivity contribution in [3.63, 3.8) is 0 Å². The minimum atomic E-state index is -0.139. The van der Waals surface area contributed by atoms with Crippen LogP contribution in [0.15, 0.2) is 30.3 Å². The molecule has 5 nitrogen and oxygen atoms in total. The van der Waals surface area contributed by atoms with Gasteiger partial charge in [0.2, 0.25) is 0 Å². The Morgan fingerprint density at radius 2 is 1.92 bits per heavy atom. The summed E-state index contributed by atoms with van der Waals surface area (Å²) in [5, 5.41) is 6.81. The zero-order valence-electron chi connectivity index (χ0n) is 14.8. The molecule has 0 aliphatic heterocycles. The number of nitrogens with zero attached hydrogens (tertiary/aromatic N) is 1. The van der Waals surface area contributed by atoms with Gasteiger partial charge in [-0.3, -0.25) is 0 Å². The quantitative estimate of drug-likeness (QED) is 0.707. The van der Waals surface area contributed by atoms with Gasteiger partial charge in [-0.1, -0.05) is 30.3 Å². The monoisotopic (exact) mass is 347 g/mol. The first kappa shape index (κ1) is 18.4. The number of nitrogens with one attached hydrogen (secondary N) is 3. The fourth-order valence-corrected chi connectivity index (χ4v) is 3.30. The molecule has 1 aromatic heterocycles. The first-order chi connectivity index (χ1) is 11.5. The van der Waals surface area contributed by atoms with E-state index in [-0.39, 0.29) is 6.03 Å². The van der Waals surface area contributed by atoms with Crippen molar-refractivity contribution >= 4 is 17.4 Å². The number of amides is 2. The van der Waals surface area contributed by atoms with Gasteiger partial charge in [-0.15, -0.1) is 11.3 Å². The number of aromatic nitrogens is 1. The Balaban J connectivity index is 1.79. The number of rotatable bonds is 7. The molecule has 24 heavy (non-hydrogen) atoms. The number of hydrogen-bond acceptors (Lipinski definition) is 3. The van der Waals surface area contributed by atoms with Crippen LogP contribution < -0.4 is 15.5 Å². The molecule has 0 saturated carbocycles. The molecule has 3 N–H and O–H groups in total. The molecular weight excluding hydrogens is 320 g/mol. The van der Waals surface area contributed by atoms with Crippen molar-refractivity contribution in [2.24, 2.45) is 0 Å². The molecule has 1 atom stereocenters. The molecule has 2 amide bonds. The highest BCUT2D eigenvalue weighted by molar-refractivity contribution is 7.11. The van der Waals surface area contributed by atoms with Gasteiger partial charge < -0.3 is 15.5 Å². The van der Waals surface area contributed by atoms with Crippen molar-refractivity contribution in [2.75, 3.05) is 20.6 Å². The highest BCUT2D eigenvalue weighted by Gasteiger charge is 2.17. The number of carbonyl (C=O) groups is 1. The minimum absolute atomic E-state index is 0.139. The molecule has 1 heterocycles. The summed E-state index contributed by atoms with van der Waals surface area (Å²) in [7, 11) is 4.24. The van der Waals surface area contributed by atoms with Crippen molar-refractivity contribution in [3.05, 3.63) is 51.5 Å². The molecule has 130 valence electrons. The number of hydrogen-bond donors (Lipinski definition) is 3. The van der Waals surface area contributed by atoms with E-state index < -0.39 is 0 Å². The van der Waals surface area contributed by atoms with Crippen LogP contribution in [-0.2, 0) is 13.0 Å². The zero-order valence-corrected chi connectivity index (χ0v) is 15.7. The predicted molar refractivity (Wildman–Crippen MR) is 98.6 cm³/mol. The second kappa shape index (κ2) is 8.80. The second-order valence-corrected chi connectivity index (χ2v) is 7.56. The molecular formula is C18H27N4OS+. The van der Waals surface area contributed by atoms with Gasteiger partial charge in [-0.05, 0) is 19.4 Å². The summed E-state index contributed by atoms with van der Waals surface area (Å²) in [6.45, 7) is 5.15. The van der Waals surface area contributed by atoms with Crippen molar-refractivity contribution in [2.45, 2.75) is 32.9 Å². The van der Waals surface area contributed by atoms with Crippen LogP contribution in [0, 0.1) is 13.8 Å². The van der Waals surface area contributed by atoms with E-state index >= 15 is 0 Å². The number of likely N-dealkylation sites (N-methyl/N-ethyl adjacent to an activating group) is 1. The van der Waals surface area contributed by atoms with E-state index in [1.54, 1.807) is 11.3 Å². The molecule has 6 heteroatoms. The first-order valence-corrected chi connectivity index (χ1v) is 9.06. The molecule has 0 fully saturated rings. The third-order valence-electron chi connectivity index (χ3n) is 4.12. The topological polar surface area (TPSA) is 58.5 Å². The summed E-state index contributed by atoms with van der Waals surface area (Å²) >= 11 is 1.63. The Hall–Kier alpha value is -1.92. The van der Waals surface area contributed by atoms with Gasteiger partial charge in [0, 0.05) is 11.3 Å². The maximum absolute atomic E-state index is 12.0. The summed E-state index contributed by atoms with van der Waals surface area (Å²) in [6, 6.07) is 10.6.